The highest BCUT2D eigenvalue weighted by atomic mass is 79.9. The smallest absolute Gasteiger partial charge is 0.347 e. The molecule has 1 aliphatic heterocycles. The Hall–Kier alpha value is -2.16. The number of rotatable bonds is 8. The van der Waals surface area contributed by atoms with Crippen molar-refractivity contribution in [3.63, 3.8) is 0 Å². The second kappa shape index (κ2) is 11.9. The molecule has 0 bridgehead atoms. The van der Waals surface area contributed by atoms with Crippen molar-refractivity contribution in [2.45, 2.75) is 82.9 Å². The number of aliphatic hydroxyl groups excluding tert-OH is 2. The predicted octanol–water partition coefficient (Wildman–Crippen LogP) is 4.49. The summed E-state index contributed by atoms with van der Waals surface area (Å²) in [6, 6.07) is 7.30. The fraction of sp³-hybridized carbons (Fsp3) is 0.571. The van der Waals surface area contributed by atoms with Crippen molar-refractivity contribution in [2.75, 3.05) is 0 Å². The lowest BCUT2D eigenvalue weighted by molar-refractivity contribution is -0.165. The average Bonchev–Trinajstić information content (AvgIpc) is 2.82. The van der Waals surface area contributed by atoms with Crippen LogP contribution in [0.4, 0.5) is 0 Å². The minimum absolute atomic E-state index is 0.0470. The summed E-state index contributed by atoms with van der Waals surface area (Å²) in [6.45, 7) is 4.01. The molecule has 196 valence electrons. The number of halogens is 1. The molecule has 7 nitrogen and oxygen atoms in total. The van der Waals surface area contributed by atoms with E-state index in [4.69, 9.17) is 14.2 Å². The van der Waals surface area contributed by atoms with E-state index in [9.17, 15) is 19.8 Å². The van der Waals surface area contributed by atoms with Gasteiger partial charge in [0.2, 0.25) is 0 Å². The Morgan fingerprint density at radius 3 is 2.64 bits per heavy atom. The van der Waals surface area contributed by atoms with E-state index >= 15 is 0 Å². The van der Waals surface area contributed by atoms with Gasteiger partial charge in [-0.15, -0.1) is 0 Å². The minimum atomic E-state index is -0.754. The molecule has 1 aromatic carbocycles. The van der Waals surface area contributed by atoms with Crippen LogP contribution in [0.5, 0.6) is 5.75 Å². The zero-order chi connectivity index (χ0) is 25.8. The Labute approximate surface area is 220 Å². The van der Waals surface area contributed by atoms with Gasteiger partial charge in [-0.1, -0.05) is 48.0 Å². The number of aliphatic hydroxyl groups is 2. The molecule has 1 fully saturated rings. The molecule has 4 rings (SSSR count). The first-order valence-corrected chi connectivity index (χ1v) is 13.6. The molecule has 0 saturated carbocycles. The van der Waals surface area contributed by atoms with Gasteiger partial charge in [0, 0.05) is 23.2 Å². The molecule has 1 saturated heterocycles. The van der Waals surface area contributed by atoms with E-state index in [0.717, 1.165) is 16.5 Å². The number of fused-ring (bicyclic) bond motifs is 1. The van der Waals surface area contributed by atoms with E-state index in [1.54, 1.807) is 12.1 Å². The van der Waals surface area contributed by atoms with Crippen molar-refractivity contribution in [3.8, 4) is 5.75 Å². The van der Waals surface area contributed by atoms with Crippen molar-refractivity contribution >= 4 is 27.9 Å². The maximum absolute atomic E-state index is 13.2. The van der Waals surface area contributed by atoms with E-state index < -0.39 is 30.4 Å². The van der Waals surface area contributed by atoms with Gasteiger partial charge in [-0.25, -0.2) is 4.79 Å². The fourth-order valence-electron chi connectivity index (χ4n) is 5.60. The second-order valence-corrected chi connectivity index (χ2v) is 11.0. The Morgan fingerprint density at radius 2 is 1.94 bits per heavy atom. The number of carbonyl (C=O) groups is 2. The van der Waals surface area contributed by atoms with Crippen molar-refractivity contribution in [2.24, 2.45) is 17.8 Å². The molecule has 3 aliphatic rings. The van der Waals surface area contributed by atoms with Crippen LogP contribution in [0.2, 0.25) is 0 Å². The van der Waals surface area contributed by atoms with Crippen LogP contribution < -0.4 is 4.74 Å². The van der Waals surface area contributed by atoms with Gasteiger partial charge in [0.25, 0.3) is 0 Å². The van der Waals surface area contributed by atoms with Crippen molar-refractivity contribution in [1.82, 2.24) is 0 Å². The van der Waals surface area contributed by atoms with Gasteiger partial charge >= 0.3 is 11.9 Å². The highest BCUT2D eigenvalue weighted by Crippen LogP contribution is 2.44. The largest absolute Gasteiger partial charge is 0.479 e. The van der Waals surface area contributed by atoms with Gasteiger partial charge in [-0.3, -0.25) is 4.79 Å². The number of esters is 2. The van der Waals surface area contributed by atoms with Gasteiger partial charge in [0.1, 0.15) is 18.0 Å². The zero-order valence-corrected chi connectivity index (χ0v) is 22.3. The normalized spacial score (nSPS) is 32.6. The molecular weight excluding hydrogens is 528 g/mol. The summed E-state index contributed by atoms with van der Waals surface area (Å²) in [5.74, 6) is 0.0592. The van der Waals surface area contributed by atoms with Crippen LogP contribution in [0.15, 0.2) is 52.5 Å². The van der Waals surface area contributed by atoms with E-state index in [2.05, 4.69) is 28.9 Å². The number of ether oxygens (including phenoxy) is 3. The van der Waals surface area contributed by atoms with E-state index in [1.165, 1.54) is 0 Å². The van der Waals surface area contributed by atoms with Crippen molar-refractivity contribution in [1.29, 1.82) is 0 Å². The molecule has 2 aliphatic carbocycles. The van der Waals surface area contributed by atoms with Gasteiger partial charge in [0.05, 0.1) is 18.6 Å². The van der Waals surface area contributed by atoms with E-state index in [0.29, 0.717) is 31.4 Å². The average molecular weight is 563 g/mol. The molecular formula is C28H35BrO7. The fourth-order valence-corrected chi connectivity index (χ4v) is 5.87. The third kappa shape index (κ3) is 6.58. The SMILES string of the molecule is CC[C@H](Oc1ccc(Br)cc1)C(=O)OC1CC(O)C=C2C=CC(C)C(CC[C@@H]3C[C@@H](O)CC(=O)O3)C21. The molecule has 8 heteroatoms. The van der Waals surface area contributed by atoms with Crippen molar-refractivity contribution < 1.29 is 34.0 Å². The lowest BCUT2D eigenvalue weighted by Crippen LogP contribution is -2.44. The van der Waals surface area contributed by atoms with E-state index in [1.807, 2.05) is 31.2 Å². The first-order chi connectivity index (χ1) is 17.2. The van der Waals surface area contributed by atoms with E-state index in [-0.39, 0.29) is 36.2 Å². The quantitative estimate of drug-likeness (QED) is 0.450. The summed E-state index contributed by atoms with van der Waals surface area (Å²) in [7, 11) is 0. The maximum atomic E-state index is 13.2. The van der Waals surface area contributed by atoms with Crippen LogP contribution in [-0.4, -0.2) is 52.7 Å². The van der Waals surface area contributed by atoms with Crippen LogP contribution in [0, 0.1) is 17.8 Å². The summed E-state index contributed by atoms with van der Waals surface area (Å²) in [4.78, 5) is 25.0. The lowest BCUT2D eigenvalue weighted by atomic mass is 9.66. The second-order valence-electron chi connectivity index (χ2n) is 10.1. The number of hydrogen-bond acceptors (Lipinski definition) is 7. The lowest BCUT2D eigenvalue weighted by Gasteiger charge is -2.43. The summed E-state index contributed by atoms with van der Waals surface area (Å²) in [5.41, 5.74) is 0.970. The van der Waals surface area contributed by atoms with Crippen LogP contribution in [0.1, 0.15) is 52.4 Å². The number of carbonyl (C=O) groups excluding carboxylic acids is 2. The third-order valence-corrected chi connectivity index (χ3v) is 7.95. The Bertz CT molecular complexity index is 988. The topological polar surface area (TPSA) is 102 Å². The monoisotopic (exact) mass is 562 g/mol. The minimum Gasteiger partial charge on any atom is -0.479 e. The zero-order valence-electron chi connectivity index (χ0n) is 20.7. The first-order valence-electron chi connectivity index (χ1n) is 12.8. The summed E-state index contributed by atoms with van der Waals surface area (Å²) >= 11 is 3.40. The Morgan fingerprint density at radius 1 is 1.19 bits per heavy atom. The van der Waals surface area contributed by atoms with Crippen LogP contribution >= 0.6 is 15.9 Å². The third-order valence-electron chi connectivity index (χ3n) is 7.42. The number of cyclic esters (lactones) is 1. The molecule has 1 aromatic rings. The van der Waals surface area contributed by atoms with Gasteiger partial charge < -0.3 is 24.4 Å². The molecule has 2 N–H and O–H groups in total. The Balaban J connectivity index is 1.47. The molecule has 8 atom stereocenters. The summed E-state index contributed by atoms with van der Waals surface area (Å²) < 4.78 is 18.4. The molecule has 0 radical (unpaired) electrons. The standard InChI is InChI=1S/C28H35BrO7/c1-3-24(34-21-8-6-18(29)7-9-21)28(33)36-25-14-19(30)12-17-5-4-16(2)23(27(17)25)11-10-22-13-20(31)15-26(32)35-22/h4-9,12,16,19-20,22-25,27,30-31H,3,10-11,13-15H2,1-2H3/t16?,19?,20-,22-,23?,24+,25?,27?/m1/s1. The maximum Gasteiger partial charge on any atom is 0.347 e. The molecule has 0 aromatic heterocycles. The van der Waals surface area contributed by atoms with Gasteiger partial charge in [-0.2, -0.15) is 0 Å². The summed E-state index contributed by atoms with van der Waals surface area (Å²) in [6.07, 6.45) is 5.71. The Kier molecular flexibility index (Phi) is 8.91. The molecule has 0 spiro atoms. The molecule has 5 unspecified atom stereocenters. The molecule has 1 heterocycles. The first kappa shape index (κ1) is 26.9. The summed E-state index contributed by atoms with van der Waals surface area (Å²) in [5, 5.41) is 20.5. The van der Waals surface area contributed by atoms with Crippen LogP contribution in [-0.2, 0) is 19.1 Å². The van der Waals surface area contributed by atoms with Crippen LogP contribution in [0.3, 0.4) is 0 Å². The highest BCUT2D eigenvalue weighted by Gasteiger charge is 2.43. The van der Waals surface area contributed by atoms with Gasteiger partial charge in [-0.05, 0) is 60.9 Å². The highest BCUT2D eigenvalue weighted by molar-refractivity contribution is 9.10. The number of benzene rings is 1. The molecule has 36 heavy (non-hydrogen) atoms. The number of hydrogen-bond donors (Lipinski definition) is 2. The number of allylic oxidation sites excluding steroid dienone is 2. The van der Waals surface area contributed by atoms with Crippen LogP contribution in [0.25, 0.3) is 0 Å². The molecule has 0 amide bonds. The predicted molar refractivity (Wildman–Crippen MR) is 137 cm³/mol. The van der Waals surface area contributed by atoms with Crippen molar-refractivity contribution in [3.05, 3.63) is 52.5 Å². The van der Waals surface area contributed by atoms with Gasteiger partial charge in [0.15, 0.2) is 6.10 Å².